The number of hydrogen-bond acceptors (Lipinski definition) is 6. The second-order valence-corrected chi connectivity index (χ2v) is 6.67. The van der Waals surface area contributed by atoms with Crippen molar-refractivity contribution >= 4 is 45.2 Å². The Morgan fingerprint density at radius 2 is 2.04 bits per heavy atom. The van der Waals surface area contributed by atoms with Gasteiger partial charge in [-0.1, -0.05) is 27.5 Å². The van der Waals surface area contributed by atoms with E-state index in [0.717, 1.165) is 10.2 Å². The first-order valence-corrected chi connectivity index (χ1v) is 9.18. The molecule has 26 heavy (non-hydrogen) atoms. The summed E-state index contributed by atoms with van der Waals surface area (Å²) in [5.41, 5.74) is 1.08. The molecule has 6 nitrogen and oxygen atoms in total. The van der Waals surface area contributed by atoms with E-state index in [2.05, 4.69) is 21.2 Å². The summed E-state index contributed by atoms with van der Waals surface area (Å²) < 4.78 is 16.4. The minimum Gasteiger partial charge on any atom is -0.465 e. The highest BCUT2D eigenvalue weighted by Crippen LogP contribution is 2.25. The van der Waals surface area contributed by atoms with E-state index in [1.807, 2.05) is 12.1 Å². The number of rotatable bonds is 8. The van der Waals surface area contributed by atoms with Gasteiger partial charge in [0.2, 0.25) is 0 Å². The van der Waals surface area contributed by atoms with E-state index in [-0.39, 0.29) is 19.6 Å². The monoisotopic (exact) mass is 443 g/mol. The number of esters is 2. The van der Waals surface area contributed by atoms with Crippen molar-refractivity contribution in [3.63, 3.8) is 0 Å². The number of benzene rings is 1. The van der Waals surface area contributed by atoms with Crippen LogP contribution in [0, 0.1) is 6.92 Å². The molecule has 0 aliphatic carbocycles. The molecule has 1 heterocycles. The molecular weight excluding hydrogens is 426 g/mol. The first-order valence-electron chi connectivity index (χ1n) is 8.01. The number of aryl methyl sites for hydroxylation is 1. The van der Waals surface area contributed by atoms with Gasteiger partial charge in [-0.15, -0.1) is 0 Å². The Kier molecular flexibility index (Phi) is 7.53. The van der Waals surface area contributed by atoms with Crippen molar-refractivity contribution in [3.8, 4) is 0 Å². The molecule has 0 spiro atoms. The van der Waals surface area contributed by atoms with Gasteiger partial charge >= 0.3 is 11.9 Å². The van der Waals surface area contributed by atoms with Gasteiger partial charge in [0.25, 0.3) is 0 Å². The van der Waals surface area contributed by atoms with Crippen LogP contribution in [0.2, 0.25) is 5.02 Å². The van der Waals surface area contributed by atoms with E-state index in [4.69, 9.17) is 25.5 Å². The molecule has 0 bridgehead atoms. The maximum Gasteiger partial charge on any atom is 0.341 e. The van der Waals surface area contributed by atoms with Gasteiger partial charge in [0.15, 0.2) is 0 Å². The Labute approximate surface area is 164 Å². The van der Waals surface area contributed by atoms with Gasteiger partial charge in [0, 0.05) is 11.0 Å². The van der Waals surface area contributed by atoms with Crippen molar-refractivity contribution < 1.29 is 23.5 Å². The minimum atomic E-state index is -0.469. The number of nitrogens with one attached hydrogen (secondary N) is 1. The third-order valence-corrected chi connectivity index (χ3v) is 4.20. The number of furan rings is 1. The van der Waals surface area contributed by atoms with Crippen LogP contribution < -0.4 is 5.32 Å². The zero-order valence-corrected chi connectivity index (χ0v) is 16.8. The molecule has 1 N–H and O–H groups in total. The predicted octanol–water partition coefficient (Wildman–Crippen LogP) is 4.38. The maximum atomic E-state index is 11.9. The fraction of sp³-hybridized carbons (Fsp3) is 0.333. The SMILES string of the molecule is CCOC(=O)c1cc(CC(=O)OCCNc2ccc(Br)cc2Cl)oc1C. The van der Waals surface area contributed by atoms with E-state index >= 15 is 0 Å². The van der Waals surface area contributed by atoms with E-state index in [0.29, 0.717) is 28.7 Å². The molecule has 0 radical (unpaired) electrons. The lowest BCUT2D eigenvalue weighted by molar-refractivity contribution is -0.142. The van der Waals surface area contributed by atoms with Crippen LogP contribution in [0.4, 0.5) is 5.69 Å². The number of carbonyl (C=O) groups excluding carboxylic acids is 2. The van der Waals surface area contributed by atoms with Crippen molar-refractivity contribution in [1.29, 1.82) is 0 Å². The molecule has 8 heteroatoms. The summed E-state index contributed by atoms with van der Waals surface area (Å²) in [7, 11) is 0. The molecule has 2 aromatic rings. The third-order valence-electron chi connectivity index (χ3n) is 3.39. The summed E-state index contributed by atoms with van der Waals surface area (Å²) in [5.74, 6) is -0.140. The molecule has 0 fully saturated rings. The first kappa shape index (κ1) is 20.3. The van der Waals surface area contributed by atoms with Crippen LogP contribution >= 0.6 is 27.5 Å². The highest BCUT2D eigenvalue weighted by atomic mass is 79.9. The fourth-order valence-corrected chi connectivity index (χ4v) is 2.96. The smallest absolute Gasteiger partial charge is 0.341 e. The van der Waals surface area contributed by atoms with E-state index in [1.54, 1.807) is 19.9 Å². The van der Waals surface area contributed by atoms with Crippen LogP contribution in [0.15, 0.2) is 33.2 Å². The number of halogens is 2. The highest BCUT2D eigenvalue weighted by molar-refractivity contribution is 9.10. The number of hydrogen-bond donors (Lipinski definition) is 1. The van der Waals surface area contributed by atoms with Gasteiger partial charge in [0.05, 0.1) is 17.3 Å². The maximum absolute atomic E-state index is 11.9. The first-order chi connectivity index (χ1) is 12.4. The van der Waals surface area contributed by atoms with Crippen LogP contribution in [0.3, 0.4) is 0 Å². The normalized spacial score (nSPS) is 10.5. The zero-order chi connectivity index (χ0) is 19.1. The zero-order valence-electron chi connectivity index (χ0n) is 14.4. The van der Waals surface area contributed by atoms with Crippen LogP contribution in [0.5, 0.6) is 0 Å². The molecule has 0 saturated heterocycles. The highest BCUT2D eigenvalue weighted by Gasteiger charge is 2.18. The predicted molar refractivity (Wildman–Crippen MR) is 102 cm³/mol. The van der Waals surface area contributed by atoms with Crippen molar-refractivity contribution in [3.05, 3.63) is 50.8 Å². The van der Waals surface area contributed by atoms with Gasteiger partial charge in [-0.05, 0) is 38.1 Å². The Morgan fingerprint density at radius 3 is 2.73 bits per heavy atom. The van der Waals surface area contributed by atoms with Crippen molar-refractivity contribution in [2.24, 2.45) is 0 Å². The third kappa shape index (κ3) is 5.78. The summed E-state index contributed by atoms with van der Waals surface area (Å²) in [6, 6.07) is 6.97. The molecular formula is C18H19BrClNO5. The van der Waals surface area contributed by atoms with Crippen molar-refractivity contribution in [1.82, 2.24) is 0 Å². The van der Waals surface area contributed by atoms with Crippen LogP contribution in [0.25, 0.3) is 0 Å². The average molecular weight is 445 g/mol. The molecule has 1 aromatic carbocycles. The molecule has 0 saturated carbocycles. The van der Waals surface area contributed by atoms with Gasteiger partial charge in [-0.3, -0.25) is 4.79 Å². The van der Waals surface area contributed by atoms with Crippen LogP contribution in [-0.2, 0) is 20.7 Å². The molecule has 140 valence electrons. The summed E-state index contributed by atoms with van der Waals surface area (Å²) >= 11 is 9.43. The molecule has 0 amide bonds. The van der Waals surface area contributed by atoms with Gasteiger partial charge < -0.3 is 19.2 Å². The Hall–Kier alpha value is -1.99. The second-order valence-electron chi connectivity index (χ2n) is 5.35. The number of carbonyl (C=O) groups is 2. The van der Waals surface area contributed by atoms with Crippen molar-refractivity contribution in [2.45, 2.75) is 20.3 Å². The van der Waals surface area contributed by atoms with E-state index in [1.165, 1.54) is 6.07 Å². The lowest BCUT2D eigenvalue weighted by atomic mass is 10.2. The summed E-state index contributed by atoms with van der Waals surface area (Å²) in [4.78, 5) is 23.6. The number of ether oxygens (including phenoxy) is 2. The Morgan fingerprint density at radius 1 is 1.27 bits per heavy atom. The van der Waals surface area contributed by atoms with Crippen LogP contribution in [-0.4, -0.2) is 31.7 Å². The average Bonchev–Trinajstić information content (AvgIpc) is 2.93. The quantitative estimate of drug-likeness (QED) is 0.481. The summed E-state index contributed by atoms with van der Waals surface area (Å²) in [6.45, 7) is 4.23. The standard InChI is InChI=1S/C18H19BrClNO5/c1-3-24-18(23)14-9-13(26-11(14)2)10-17(22)25-7-6-21-16-5-4-12(19)8-15(16)20/h4-5,8-9,21H,3,6-7,10H2,1-2H3. The molecule has 0 unspecified atom stereocenters. The van der Waals surface area contributed by atoms with Gasteiger partial charge in [-0.25, -0.2) is 4.79 Å². The summed E-state index contributed by atoms with van der Waals surface area (Å²) in [6.07, 6.45) is -0.0563. The van der Waals surface area contributed by atoms with Gasteiger partial charge in [-0.2, -0.15) is 0 Å². The van der Waals surface area contributed by atoms with E-state index in [9.17, 15) is 9.59 Å². The topological polar surface area (TPSA) is 77.8 Å². The van der Waals surface area contributed by atoms with Crippen molar-refractivity contribution in [2.75, 3.05) is 25.1 Å². The molecule has 0 aliphatic rings. The Bertz CT molecular complexity index is 790. The molecule has 0 aliphatic heterocycles. The van der Waals surface area contributed by atoms with E-state index < -0.39 is 11.9 Å². The largest absolute Gasteiger partial charge is 0.465 e. The molecule has 0 atom stereocenters. The Balaban J connectivity index is 1.78. The second kappa shape index (κ2) is 9.64. The minimum absolute atomic E-state index is 0.0563. The molecule has 2 rings (SSSR count). The lowest BCUT2D eigenvalue weighted by Gasteiger charge is -2.09. The lowest BCUT2D eigenvalue weighted by Crippen LogP contribution is -2.15. The number of anilines is 1. The molecule has 1 aromatic heterocycles. The van der Waals surface area contributed by atoms with Gasteiger partial charge in [0.1, 0.15) is 30.1 Å². The van der Waals surface area contributed by atoms with Crippen LogP contribution in [0.1, 0.15) is 28.8 Å². The fourth-order valence-electron chi connectivity index (χ4n) is 2.22. The summed E-state index contributed by atoms with van der Waals surface area (Å²) in [5, 5.41) is 3.66.